The Balaban J connectivity index is 3.33. The molecule has 70 valence electrons. The van der Waals surface area contributed by atoms with Crippen LogP contribution in [-0.2, 0) is 6.61 Å². The Labute approximate surface area is 78.3 Å². The normalized spacial score (nSPS) is 10.0. The molecular formula is C7H6ClNO4. The monoisotopic (exact) mass is 203 g/mol. The number of aromatic hydroxyl groups is 1. The van der Waals surface area contributed by atoms with Gasteiger partial charge in [-0.25, -0.2) is 0 Å². The van der Waals surface area contributed by atoms with Crippen molar-refractivity contribution < 1.29 is 15.1 Å². The average Bonchev–Trinajstić information content (AvgIpc) is 2.09. The first kappa shape index (κ1) is 9.76. The molecule has 0 aliphatic rings. The van der Waals surface area contributed by atoms with Crippen molar-refractivity contribution in [2.75, 3.05) is 0 Å². The van der Waals surface area contributed by atoms with E-state index in [-0.39, 0.29) is 17.2 Å². The lowest BCUT2D eigenvalue weighted by Crippen LogP contribution is -1.92. The molecule has 1 aromatic rings. The molecule has 0 saturated carbocycles. The summed E-state index contributed by atoms with van der Waals surface area (Å²) in [5.41, 5.74) is -0.217. The Morgan fingerprint density at radius 1 is 1.54 bits per heavy atom. The highest BCUT2D eigenvalue weighted by Crippen LogP contribution is 2.34. The molecular weight excluding hydrogens is 198 g/mol. The van der Waals surface area contributed by atoms with E-state index in [0.29, 0.717) is 0 Å². The van der Waals surface area contributed by atoms with Crippen molar-refractivity contribution in [3.05, 3.63) is 32.8 Å². The molecule has 0 heterocycles. The van der Waals surface area contributed by atoms with Crippen LogP contribution in [-0.4, -0.2) is 15.1 Å². The minimum atomic E-state index is -0.764. The third-order valence-corrected chi connectivity index (χ3v) is 1.77. The number of benzene rings is 1. The van der Waals surface area contributed by atoms with Gasteiger partial charge in [0.25, 0.3) is 0 Å². The summed E-state index contributed by atoms with van der Waals surface area (Å²) >= 11 is 5.48. The third-order valence-electron chi connectivity index (χ3n) is 1.48. The molecule has 0 fully saturated rings. The van der Waals surface area contributed by atoms with E-state index in [1.165, 1.54) is 6.07 Å². The van der Waals surface area contributed by atoms with Crippen molar-refractivity contribution in [3.8, 4) is 5.75 Å². The summed E-state index contributed by atoms with van der Waals surface area (Å²) in [6, 6.07) is 2.34. The second-order valence-corrected chi connectivity index (χ2v) is 2.77. The van der Waals surface area contributed by atoms with Crippen LogP contribution in [0.2, 0.25) is 5.02 Å². The number of aliphatic hydroxyl groups excluding tert-OH is 1. The fourth-order valence-electron chi connectivity index (χ4n) is 0.870. The van der Waals surface area contributed by atoms with Crippen LogP contribution < -0.4 is 0 Å². The van der Waals surface area contributed by atoms with E-state index in [1.54, 1.807) is 0 Å². The van der Waals surface area contributed by atoms with Gasteiger partial charge in [0.1, 0.15) is 0 Å². The number of hydrogen-bond acceptors (Lipinski definition) is 4. The van der Waals surface area contributed by atoms with E-state index in [0.717, 1.165) is 6.07 Å². The zero-order valence-electron chi connectivity index (χ0n) is 6.40. The molecule has 0 aliphatic heterocycles. The molecule has 0 unspecified atom stereocenters. The quantitative estimate of drug-likeness (QED) is 0.563. The Kier molecular flexibility index (Phi) is 2.69. The van der Waals surface area contributed by atoms with Crippen LogP contribution in [0.5, 0.6) is 5.75 Å². The summed E-state index contributed by atoms with van der Waals surface area (Å²) in [5.74, 6) is -0.580. The number of nitro groups is 1. The number of rotatable bonds is 2. The van der Waals surface area contributed by atoms with E-state index in [4.69, 9.17) is 21.8 Å². The zero-order chi connectivity index (χ0) is 10.0. The van der Waals surface area contributed by atoms with Gasteiger partial charge in [-0.1, -0.05) is 11.6 Å². The maximum absolute atomic E-state index is 10.3. The van der Waals surface area contributed by atoms with Crippen molar-refractivity contribution in [2.45, 2.75) is 6.61 Å². The summed E-state index contributed by atoms with van der Waals surface area (Å²) in [4.78, 5) is 9.58. The van der Waals surface area contributed by atoms with Gasteiger partial charge in [0.2, 0.25) is 5.75 Å². The largest absolute Gasteiger partial charge is 0.501 e. The topological polar surface area (TPSA) is 83.6 Å². The molecule has 5 nitrogen and oxygen atoms in total. The van der Waals surface area contributed by atoms with Crippen molar-refractivity contribution in [1.29, 1.82) is 0 Å². The number of nitrogens with zero attached hydrogens (tertiary/aromatic N) is 1. The fourth-order valence-corrected chi connectivity index (χ4v) is 1.11. The van der Waals surface area contributed by atoms with Gasteiger partial charge in [-0.15, -0.1) is 0 Å². The van der Waals surface area contributed by atoms with Gasteiger partial charge in [-0.2, -0.15) is 0 Å². The van der Waals surface area contributed by atoms with Crippen molar-refractivity contribution in [2.24, 2.45) is 0 Å². The molecule has 0 atom stereocenters. The van der Waals surface area contributed by atoms with Crippen LogP contribution in [0.1, 0.15) is 5.56 Å². The molecule has 6 heteroatoms. The predicted molar refractivity (Wildman–Crippen MR) is 45.7 cm³/mol. The number of phenols is 1. The SMILES string of the molecule is O=[N+]([O-])c1cc(CO)cc(Cl)c1O. The highest BCUT2D eigenvalue weighted by Gasteiger charge is 2.17. The summed E-state index contributed by atoms with van der Waals surface area (Å²) < 4.78 is 0. The fraction of sp³-hybridized carbons (Fsp3) is 0.143. The van der Waals surface area contributed by atoms with Crippen LogP contribution >= 0.6 is 11.6 Å². The molecule has 1 aromatic carbocycles. The highest BCUT2D eigenvalue weighted by atomic mass is 35.5. The van der Waals surface area contributed by atoms with E-state index >= 15 is 0 Å². The first-order chi connectivity index (χ1) is 6.06. The first-order valence-corrected chi connectivity index (χ1v) is 3.70. The van der Waals surface area contributed by atoms with Crippen LogP contribution in [0.25, 0.3) is 0 Å². The maximum Gasteiger partial charge on any atom is 0.312 e. The molecule has 13 heavy (non-hydrogen) atoms. The van der Waals surface area contributed by atoms with Crippen LogP contribution in [0.15, 0.2) is 12.1 Å². The number of aliphatic hydroxyl groups is 1. The van der Waals surface area contributed by atoms with Crippen LogP contribution in [0, 0.1) is 10.1 Å². The number of hydrogen-bond donors (Lipinski definition) is 2. The van der Waals surface area contributed by atoms with Gasteiger partial charge in [-0.05, 0) is 11.6 Å². The minimum absolute atomic E-state index is 0.141. The Morgan fingerprint density at radius 2 is 2.15 bits per heavy atom. The molecule has 0 bridgehead atoms. The summed E-state index contributed by atoms with van der Waals surface area (Å²) in [5, 5.41) is 28.0. The lowest BCUT2D eigenvalue weighted by Gasteiger charge is -2.01. The maximum atomic E-state index is 10.3. The molecule has 1 rings (SSSR count). The van der Waals surface area contributed by atoms with Gasteiger partial charge in [0.15, 0.2) is 0 Å². The van der Waals surface area contributed by atoms with Crippen molar-refractivity contribution in [3.63, 3.8) is 0 Å². The Bertz CT molecular complexity index is 353. The Morgan fingerprint density at radius 3 is 2.62 bits per heavy atom. The van der Waals surface area contributed by atoms with Gasteiger partial charge in [0, 0.05) is 6.07 Å². The molecule has 0 spiro atoms. The van der Waals surface area contributed by atoms with Crippen molar-refractivity contribution >= 4 is 17.3 Å². The van der Waals surface area contributed by atoms with E-state index in [2.05, 4.69) is 0 Å². The minimum Gasteiger partial charge on any atom is -0.501 e. The first-order valence-electron chi connectivity index (χ1n) is 3.33. The average molecular weight is 204 g/mol. The molecule has 0 radical (unpaired) electrons. The predicted octanol–water partition coefficient (Wildman–Crippen LogP) is 1.45. The number of halogens is 1. The molecule has 2 N–H and O–H groups in total. The lowest BCUT2D eigenvalue weighted by molar-refractivity contribution is -0.385. The number of phenolic OH excluding ortho intramolecular Hbond substituents is 1. The second kappa shape index (κ2) is 3.59. The van der Waals surface area contributed by atoms with E-state index in [1.807, 2.05) is 0 Å². The van der Waals surface area contributed by atoms with Gasteiger partial charge in [-0.3, -0.25) is 10.1 Å². The molecule has 0 aliphatic carbocycles. The van der Waals surface area contributed by atoms with E-state index in [9.17, 15) is 10.1 Å². The van der Waals surface area contributed by atoms with E-state index < -0.39 is 16.4 Å². The van der Waals surface area contributed by atoms with Gasteiger partial charge >= 0.3 is 5.69 Å². The smallest absolute Gasteiger partial charge is 0.312 e. The lowest BCUT2D eigenvalue weighted by atomic mass is 10.2. The Hall–Kier alpha value is -1.33. The van der Waals surface area contributed by atoms with Crippen molar-refractivity contribution in [1.82, 2.24) is 0 Å². The molecule has 0 aromatic heterocycles. The van der Waals surface area contributed by atoms with Gasteiger partial charge < -0.3 is 10.2 Å². The zero-order valence-corrected chi connectivity index (χ0v) is 7.15. The molecule has 0 amide bonds. The van der Waals surface area contributed by atoms with Gasteiger partial charge in [0.05, 0.1) is 16.6 Å². The summed E-state index contributed by atoms with van der Waals surface area (Å²) in [7, 11) is 0. The standard InChI is InChI=1S/C7H6ClNO4/c8-5-1-4(3-10)2-6(7(5)11)9(12)13/h1-2,10-11H,3H2. The number of nitro benzene ring substituents is 1. The van der Waals surface area contributed by atoms with Crippen LogP contribution in [0.3, 0.4) is 0 Å². The second-order valence-electron chi connectivity index (χ2n) is 2.36. The summed E-state index contributed by atoms with van der Waals surface area (Å²) in [6.45, 7) is -0.360. The molecule has 0 saturated heterocycles. The highest BCUT2D eigenvalue weighted by molar-refractivity contribution is 6.32. The van der Waals surface area contributed by atoms with Crippen LogP contribution in [0.4, 0.5) is 5.69 Å². The third kappa shape index (κ3) is 1.88. The summed E-state index contributed by atoms with van der Waals surface area (Å²) in [6.07, 6.45) is 0.